The fraction of sp³-hybridized carbons (Fsp3) is 0.259. The van der Waals surface area contributed by atoms with Gasteiger partial charge in [-0.3, -0.25) is 9.59 Å². The van der Waals surface area contributed by atoms with Gasteiger partial charge in [0.05, 0.1) is 25.8 Å². The Morgan fingerprint density at radius 2 is 1.94 bits per heavy atom. The van der Waals surface area contributed by atoms with Gasteiger partial charge < -0.3 is 19.3 Å². The number of halogens is 1. The lowest BCUT2D eigenvalue weighted by molar-refractivity contribution is -0.133. The Balaban J connectivity index is 1.62. The molecule has 1 aromatic heterocycles. The Kier molecular flexibility index (Phi) is 7.51. The summed E-state index contributed by atoms with van der Waals surface area (Å²) in [6.45, 7) is 4.33. The van der Waals surface area contributed by atoms with E-state index in [2.05, 4.69) is 6.58 Å². The van der Waals surface area contributed by atoms with E-state index in [1.165, 1.54) is 36.1 Å². The van der Waals surface area contributed by atoms with Crippen LogP contribution in [0.3, 0.4) is 0 Å². The molecule has 6 nitrogen and oxygen atoms in total. The van der Waals surface area contributed by atoms with Gasteiger partial charge in [-0.1, -0.05) is 18.2 Å². The molecule has 2 amide bonds. The van der Waals surface area contributed by atoms with Gasteiger partial charge in [0, 0.05) is 24.0 Å². The molecule has 2 heterocycles. The Morgan fingerprint density at radius 1 is 1.17 bits per heavy atom. The molecule has 4 rings (SSSR count). The molecule has 2 aromatic carbocycles. The maximum atomic E-state index is 13.6. The summed E-state index contributed by atoms with van der Waals surface area (Å²) in [6.07, 6.45) is 2.32. The Morgan fingerprint density at radius 3 is 2.63 bits per heavy atom. The summed E-state index contributed by atoms with van der Waals surface area (Å²) in [5.41, 5.74) is 2.20. The number of nitrogens with zero attached hydrogens (tertiary/aromatic N) is 2. The first-order valence-electron chi connectivity index (χ1n) is 11.2. The molecule has 182 valence electrons. The van der Waals surface area contributed by atoms with E-state index in [1.54, 1.807) is 52.6 Å². The van der Waals surface area contributed by atoms with Gasteiger partial charge >= 0.3 is 0 Å². The lowest BCUT2D eigenvalue weighted by atomic mass is 9.93. The maximum Gasteiger partial charge on any atom is 0.258 e. The number of carbonyl (C=O) groups excluding carboxylic acids is 2. The van der Waals surface area contributed by atoms with Gasteiger partial charge in [-0.15, -0.1) is 17.9 Å². The van der Waals surface area contributed by atoms with Gasteiger partial charge in [-0.05, 0) is 53.3 Å². The van der Waals surface area contributed by atoms with E-state index in [1.807, 2.05) is 11.4 Å². The summed E-state index contributed by atoms with van der Waals surface area (Å²) in [4.78, 5) is 31.5. The van der Waals surface area contributed by atoms with Crippen LogP contribution >= 0.6 is 11.3 Å². The Hall–Kier alpha value is -3.65. The second-order valence-electron chi connectivity index (χ2n) is 8.13. The van der Waals surface area contributed by atoms with Gasteiger partial charge in [0.15, 0.2) is 0 Å². The number of benzene rings is 2. The monoisotopic (exact) mass is 494 g/mol. The summed E-state index contributed by atoms with van der Waals surface area (Å²) < 4.78 is 24.2. The first kappa shape index (κ1) is 24.5. The molecule has 1 unspecified atom stereocenters. The molecule has 1 aliphatic heterocycles. The van der Waals surface area contributed by atoms with Crippen molar-refractivity contribution in [2.24, 2.45) is 0 Å². The molecule has 0 saturated carbocycles. The van der Waals surface area contributed by atoms with E-state index in [0.717, 1.165) is 17.5 Å². The molecule has 1 atom stereocenters. The lowest BCUT2D eigenvalue weighted by Gasteiger charge is -2.37. The van der Waals surface area contributed by atoms with Crippen molar-refractivity contribution >= 4 is 23.2 Å². The van der Waals surface area contributed by atoms with Crippen LogP contribution in [-0.2, 0) is 11.2 Å². The summed E-state index contributed by atoms with van der Waals surface area (Å²) in [5.74, 6) is 0.0556. The average Bonchev–Trinajstić information content (AvgIpc) is 3.36. The Labute approximate surface area is 208 Å². The van der Waals surface area contributed by atoms with Crippen LogP contribution in [0.2, 0.25) is 0 Å². The van der Waals surface area contributed by atoms with Gasteiger partial charge in [0.25, 0.3) is 5.91 Å². The van der Waals surface area contributed by atoms with Crippen LogP contribution in [0, 0.1) is 5.82 Å². The van der Waals surface area contributed by atoms with Crippen LogP contribution < -0.4 is 9.47 Å². The number of hydrogen-bond acceptors (Lipinski definition) is 5. The molecule has 0 N–H and O–H groups in total. The summed E-state index contributed by atoms with van der Waals surface area (Å²) in [6, 6.07) is 12.8. The zero-order valence-electron chi connectivity index (χ0n) is 19.7. The highest BCUT2D eigenvalue weighted by molar-refractivity contribution is 7.10. The minimum absolute atomic E-state index is 0.128. The zero-order valence-corrected chi connectivity index (χ0v) is 20.5. The molecule has 0 saturated heterocycles. The van der Waals surface area contributed by atoms with E-state index in [0.29, 0.717) is 23.6 Å². The summed E-state index contributed by atoms with van der Waals surface area (Å²) in [7, 11) is 3.02. The molecule has 0 spiro atoms. The van der Waals surface area contributed by atoms with E-state index >= 15 is 0 Å². The number of rotatable bonds is 8. The average molecular weight is 495 g/mol. The number of carbonyl (C=O) groups is 2. The molecule has 0 bridgehead atoms. The molecule has 1 aliphatic rings. The van der Waals surface area contributed by atoms with Crippen LogP contribution in [0.4, 0.5) is 4.39 Å². The molecule has 0 aliphatic carbocycles. The maximum absolute atomic E-state index is 13.6. The largest absolute Gasteiger partial charge is 0.497 e. The third-order valence-corrected chi connectivity index (χ3v) is 7.07. The van der Waals surface area contributed by atoms with Crippen molar-refractivity contribution in [3.63, 3.8) is 0 Å². The van der Waals surface area contributed by atoms with Crippen molar-refractivity contribution in [1.82, 2.24) is 9.80 Å². The van der Waals surface area contributed by atoms with Gasteiger partial charge in [-0.2, -0.15) is 0 Å². The topological polar surface area (TPSA) is 59.1 Å². The molecule has 0 radical (unpaired) electrons. The van der Waals surface area contributed by atoms with Crippen molar-refractivity contribution < 1.29 is 23.5 Å². The zero-order chi connectivity index (χ0) is 24.9. The van der Waals surface area contributed by atoms with Crippen LogP contribution in [-0.4, -0.2) is 55.5 Å². The second-order valence-corrected chi connectivity index (χ2v) is 9.13. The van der Waals surface area contributed by atoms with Crippen LogP contribution in [0.5, 0.6) is 11.5 Å². The first-order chi connectivity index (χ1) is 17.0. The summed E-state index contributed by atoms with van der Waals surface area (Å²) in [5, 5.41) is 2.01. The van der Waals surface area contributed by atoms with Crippen molar-refractivity contribution in [1.29, 1.82) is 0 Å². The van der Waals surface area contributed by atoms with E-state index in [9.17, 15) is 14.0 Å². The smallest absolute Gasteiger partial charge is 0.258 e. The quantitative estimate of drug-likeness (QED) is 0.426. The van der Waals surface area contributed by atoms with Crippen LogP contribution in [0.15, 0.2) is 66.6 Å². The van der Waals surface area contributed by atoms with Gasteiger partial charge in [0.1, 0.15) is 23.9 Å². The molecule has 3 aromatic rings. The van der Waals surface area contributed by atoms with Crippen molar-refractivity contribution in [2.45, 2.75) is 12.5 Å². The van der Waals surface area contributed by atoms with Gasteiger partial charge in [-0.25, -0.2) is 4.39 Å². The number of amides is 2. The van der Waals surface area contributed by atoms with Crippen molar-refractivity contribution in [3.8, 4) is 11.5 Å². The van der Waals surface area contributed by atoms with E-state index in [-0.39, 0.29) is 36.8 Å². The molecular weight excluding hydrogens is 467 g/mol. The highest BCUT2D eigenvalue weighted by Gasteiger charge is 2.34. The first-order valence-corrected chi connectivity index (χ1v) is 12.1. The SMILES string of the molecule is C=CCN(CC(=O)N1CCc2sccc2C1c1ccc(F)cc1)C(=O)c1ccc(OC)cc1OC. The van der Waals surface area contributed by atoms with Crippen LogP contribution in [0.1, 0.15) is 32.4 Å². The normalized spacial score (nSPS) is 14.7. The second kappa shape index (κ2) is 10.7. The molecule has 0 fully saturated rings. The number of hydrogen-bond donors (Lipinski definition) is 0. The number of fused-ring (bicyclic) bond motifs is 1. The summed E-state index contributed by atoms with van der Waals surface area (Å²) >= 11 is 1.66. The minimum Gasteiger partial charge on any atom is -0.497 e. The predicted octanol–water partition coefficient (Wildman–Crippen LogP) is 4.71. The van der Waals surface area contributed by atoms with Crippen molar-refractivity contribution in [3.05, 3.63) is 94.0 Å². The number of ether oxygens (including phenoxy) is 2. The predicted molar refractivity (Wildman–Crippen MR) is 134 cm³/mol. The molecule has 8 heteroatoms. The van der Waals surface area contributed by atoms with E-state index < -0.39 is 0 Å². The third-order valence-electron chi connectivity index (χ3n) is 6.07. The number of methoxy groups -OCH3 is 2. The number of thiophene rings is 1. The van der Waals surface area contributed by atoms with Crippen molar-refractivity contribution in [2.75, 3.05) is 33.9 Å². The molecule has 35 heavy (non-hydrogen) atoms. The highest BCUT2D eigenvalue weighted by atomic mass is 32.1. The Bertz CT molecular complexity index is 1220. The van der Waals surface area contributed by atoms with Gasteiger partial charge in [0.2, 0.25) is 5.91 Å². The fourth-order valence-electron chi connectivity index (χ4n) is 4.36. The van der Waals surface area contributed by atoms with E-state index in [4.69, 9.17) is 9.47 Å². The lowest BCUT2D eigenvalue weighted by Crippen LogP contribution is -2.46. The fourth-order valence-corrected chi connectivity index (χ4v) is 5.27. The third kappa shape index (κ3) is 5.07. The standard InChI is InChI=1S/C27H27FN2O4S/c1-4-13-29(27(32)21-10-9-20(33-2)16-23(21)34-3)17-25(31)30-14-11-24-22(12-15-35-24)26(30)18-5-7-19(28)8-6-18/h4-10,12,15-16,26H,1,11,13-14,17H2,2-3H3. The van der Waals surface area contributed by atoms with Crippen LogP contribution in [0.25, 0.3) is 0 Å². The minimum atomic E-state index is -0.343. The molecular formula is C27H27FN2O4S. The highest BCUT2D eigenvalue weighted by Crippen LogP contribution is 2.38.